The van der Waals surface area contributed by atoms with Gasteiger partial charge in [-0.1, -0.05) is 60.7 Å². The Hall–Kier alpha value is -3.28. The number of likely N-dealkylation sites (tertiary alicyclic amines) is 2. The fourth-order valence-corrected chi connectivity index (χ4v) is 4.76. The zero-order chi connectivity index (χ0) is 19.4. The molecule has 2 heterocycles. The lowest BCUT2D eigenvalue weighted by Crippen LogP contribution is -2.50. The Labute approximate surface area is 161 Å². The Kier molecular flexibility index (Phi) is 3.69. The van der Waals surface area contributed by atoms with Gasteiger partial charge in [-0.2, -0.15) is 0 Å². The minimum Gasteiger partial charge on any atom is -0.278 e. The Morgan fingerprint density at radius 2 is 0.786 bits per heavy atom. The summed E-state index contributed by atoms with van der Waals surface area (Å²) in [5, 5.41) is 0. The maximum atomic E-state index is 12.9. The van der Waals surface area contributed by atoms with Crippen LogP contribution in [0.3, 0.4) is 0 Å². The van der Waals surface area contributed by atoms with Crippen molar-refractivity contribution in [2.24, 2.45) is 23.7 Å². The number of rotatable bonds is 4. The molecule has 3 fully saturated rings. The van der Waals surface area contributed by atoms with E-state index in [0.29, 0.717) is 0 Å². The third kappa shape index (κ3) is 2.27. The molecule has 3 aliphatic rings. The van der Waals surface area contributed by atoms with E-state index in [9.17, 15) is 19.2 Å². The van der Waals surface area contributed by atoms with E-state index in [0.717, 1.165) is 11.1 Å². The van der Waals surface area contributed by atoms with Crippen LogP contribution in [0, 0.1) is 23.7 Å². The van der Waals surface area contributed by atoms with Gasteiger partial charge in [0.25, 0.3) is 0 Å². The minimum absolute atomic E-state index is 0.182. The van der Waals surface area contributed by atoms with Gasteiger partial charge in [0.15, 0.2) is 0 Å². The molecular weight excluding hydrogens is 356 g/mol. The average Bonchev–Trinajstić information content (AvgIpc) is 3.00. The molecule has 140 valence electrons. The van der Waals surface area contributed by atoms with Crippen LogP contribution in [-0.2, 0) is 32.3 Å². The summed E-state index contributed by atoms with van der Waals surface area (Å²) in [5.41, 5.74) is 1.69. The number of imide groups is 2. The molecule has 1 saturated carbocycles. The molecule has 4 amide bonds. The Bertz CT molecular complexity index is 859. The molecule has 28 heavy (non-hydrogen) atoms. The van der Waals surface area contributed by atoms with Crippen LogP contribution >= 0.6 is 0 Å². The number of carbonyl (C=O) groups is 4. The van der Waals surface area contributed by atoms with E-state index in [1.807, 2.05) is 60.7 Å². The maximum absolute atomic E-state index is 12.9. The van der Waals surface area contributed by atoms with Crippen molar-refractivity contribution in [3.63, 3.8) is 0 Å². The normalized spacial score (nSPS) is 28.4. The van der Waals surface area contributed by atoms with Crippen molar-refractivity contribution in [2.45, 2.75) is 13.1 Å². The molecule has 2 aromatic rings. The quantitative estimate of drug-likeness (QED) is 0.762. The number of amides is 4. The fourth-order valence-electron chi connectivity index (χ4n) is 4.76. The molecule has 0 atom stereocenters. The fraction of sp³-hybridized carbons (Fsp3) is 0.273. The lowest BCUT2D eigenvalue weighted by atomic mass is 9.59. The summed E-state index contributed by atoms with van der Waals surface area (Å²) >= 11 is 0. The number of hydrogen-bond donors (Lipinski definition) is 0. The van der Waals surface area contributed by atoms with Crippen LogP contribution in [0.2, 0.25) is 0 Å². The molecule has 0 bridgehead atoms. The number of hydrogen-bond acceptors (Lipinski definition) is 4. The molecular formula is C22H18N2O4. The molecule has 2 saturated heterocycles. The monoisotopic (exact) mass is 374 g/mol. The van der Waals surface area contributed by atoms with Crippen LogP contribution in [0.15, 0.2) is 60.7 Å². The van der Waals surface area contributed by atoms with Gasteiger partial charge < -0.3 is 0 Å². The molecule has 2 aliphatic heterocycles. The first-order valence-electron chi connectivity index (χ1n) is 9.36. The second-order valence-electron chi connectivity index (χ2n) is 7.60. The van der Waals surface area contributed by atoms with Gasteiger partial charge in [-0.15, -0.1) is 0 Å². The van der Waals surface area contributed by atoms with Gasteiger partial charge >= 0.3 is 0 Å². The Morgan fingerprint density at radius 3 is 1.07 bits per heavy atom. The molecule has 0 aromatic heterocycles. The van der Waals surface area contributed by atoms with Crippen molar-refractivity contribution in [1.29, 1.82) is 0 Å². The zero-order valence-corrected chi connectivity index (χ0v) is 15.0. The van der Waals surface area contributed by atoms with Crippen molar-refractivity contribution >= 4 is 23.6 Å². The van der Waals surface area contributed by atoms with E-state index in [-0.39, 0.29) is 36.7 Å². The summed E-state index contributed by atoms with van der Waals surface area (Å²) in [6, 6.07) is 18.5. The Balaban J connectivity index is 1.38. The standard InChI is InChI=1S/C22H18N2O4/c25-19-15-16(20(26)23(19)11-13-7-3-1-4-8-13)18-17(15)21(27)24(22(18)28)12-14-9-5-2-6-10-14/h1-10,15-18H,11-12H2. The Morgan fingerprint density at radius 1 is 0.500 bits per heavy atom. The molecule has 2 aromatic carbocycles. The third-order valence-electron chi connectivity index (χ3n) is 6.12. The van der Waals surface area contributed by atoms with Crippen molar-refractivity contribution in [2.75, 3.05) is 0 Å². The number of fused-ring (bicyclic) bond motifs is 4. The molecule has 0 spiro atoms. The lowest BCUT2D eigenvalue weighted by Gasteiger charge is -2.36. The molecule has 6 nitrogen and oxygen atoms in total. The SMILES string of the molecule is O=C1C2C(C(=O)N1Cc1ccccc1)C1C(=O)N(Cc3ccccc3)C(=O)C21. The van der Waals surface area contributed by atoms with Crippen LogP contribution in [0.5, 0.6) is 0 Å². The highest BCUT2D eigenvalue weighted by Crippen LogP contribution is 2.56. The van der Waals surface area contributed by atoms with Gasteiger partial charge in [0.1, 0.15) is 0 Å². The second-order valence-corrected chi connectivity index (χ2v) is 7.60. The van der Waals surface area contributed by atoms with Crippen LogP contribution in [0.4, 0.5) is 0 Å². The van der Waals surface area contributed by atoms with E-state index in [4.69, 9.17) is 0 Å². The molecule has 1 aliphatic carbocycles. The zero-order valence-electron chi connectivity index (χ0n) is 15.0. The van der Waals surface area contributed by atoms with Crippen molar-refractivity contribution in [1.82, 2.24) is 9.80 Å². The first kappa shape index (κ1) is 16.9. The predicted octanol–water partition coefficient (Wildman–Crippen LogP) is 1.60. The molecule has 0 unspecified atom stereocenters. The highest BCUT2D eigenvalue weighted by Gasteiger charge is 2.73. The van der Waals surface area contributed by atoms with Crippen LogP contribution in [0.1, 0.15) is 11.1 Å². The van der Waals surface area contributed by atoms with E-state index in [1.54, 1.807) is 0 Å². The highest BCUT2D eigenvalue weighted by atomic mass is 16.2. The van der Waals surface area contributed by atoms with Crippen LogP contribution in [0.25, 0.3) is 0 Å². The number of nitrogens with zero attached hydrogens (tertiary/aromatic N) is 2. The number of benzene rings is 2. The van der Waals surface area contributed by atoms with Gasteiger partial charge in [0, 0.05) is 0 Å². The second kappa shape index (κ2) is 6.12. The van der Waals surface area contributed by atoms with Crippen molar-refractivity contribution < 1.29 is 19.2 Å². The number of carbonyl (C=O) groups excluding carboxylic acids is 4. The van der Waals surface area contributed by atoms with Gasteiger partial charge in [-0.25, -0.2) is 0 Å². The van der Waals surface area contributed by atoms with E-state index >= 15 is 0 Å². The summed E-state index contributed by atoms with van der Waals surface area (Å²) < 4.78 is 0. The van der Waals surface area contributed by atoms with Gasteiger partial charge in [0.2, 0.25) is 23.6 Å². The summed E-state index contributed by atoms with van der Waals surface area (Å²) in [4.78, 5) is 53.9. The summed E-state index contributed by atoms with van der Waals surface area (Å²) in [6.07, 6.45) is 0. The summed E-state index contributed by atoms with van der Waals surface area (Å²) in [5.74, 6) is -4.11. The third-order valence-corrected chi connectivity index (χ3v) is 6.12. The smallest absolute Gasteiger partial charge is 0.234 e. The van der Waals surface area contributed by atoms with Crippen molar-refractivity contribution in [3.05, 3.63) is 71.8 Å². The first-order valence-corrected chi connectivity index (χ1v) is 9.36. The minimum atomic E-state index is -0.696. The summed E-state index contributed by atoms with van der Waals surface area (Å²) in [6.45, 7) is 0.363. The summed E-state index contributed by atoms with van der Waals surface area (Å²) in [7, 11) is 0. The van der Waals surface area contributed by atoms with Gasteiger partial charge in [0.05, 0.1) is 36.8 Å². The average molecular weight is 374 g/mol. The topological polar surface area (TPSA) is 74.8 Å². The van der Waals surface area contributed by atoms with Crippen LogP contribution in [-0.4, -0.2) is 33.4 Å². The van der Waals surface area contributed by atoms with E-state index in [2.05, 4.69) is 0 Å². The predicted molar refractivity (Wildman–Crippen MR) is 98.0 cm³/mol. The van der Waals surface area contributed by atoms with Gasteiger partial charge in [-0.3, -0.25) is 29.0 Å². The molecule has 6 heteroatoms. The largest absolute Gasteiger partial charge is 0.278 e. The van der Waals surface area contributed by atoms with Gasteiger partial charge in [-0.05, 0) is 11.1 Å². The van der Waals surface area contributed by atoms with Crippen LogP contribution < -0.4 is 0 Å². The van der Waals surface area contributed by atoms with E-state index in [1.165, 1.54) is 9.80 Å². The lowest BCUT2D eigenvalue weighted by molar-refractivity contribution is -0.146. The molecule has 5 rings (SSSR count). The first-order chi connectivity index (χ1) is 13.6. The van der Waals surface area contributed by atoms with E-state index < -0.39 is 23.7 Å². The molecule has 0 radical (unpaired) electrons. The maximum Gasteiger partial charge on any atom is 0.234 e. The highest BCUT2D eigenvalue weighted by molar-refractivity contribution is 6.17. The van der Waals surface area contributed by atoms with Crippen molar-refractivity contribution in [3.8, 4) is 0 Å². The molecule has 0 N–H and O–H groups in total.